The van der Waals surface area contributed by atoms with Gasteiger partial charge in [0.1, 0.15) is 33.6 Å². The molecule has 0 aromatic heterocycles. The van der Waals surface area contributed by atoms with E-state index in [0.29, 0.717) is 55.3 Å². The van der Waals surface area contributed by atoms with Crippen molar-refractivity contribution in [1.29, 1.82) is 0 Å². The molecule has 5 aromatic carbocycles. The molecule has 2 bridgehead atoms. The molecule has 19 nitrogen and oxygen atoms in total. The summed E-state index contributed by atoms with van der Waals surface area (Å²) < 4.78 is 95.5. The van der Waals surface area contributed by atoms with Gasteiger partial charge < -0.3 is 61.6 Å². The Morgan fingerprint density at radius 2 is 0.604 bits per heavy atom. The average molecular weight is 2010 g/mol. The fourth-order valence-corrected chi connectivity index (χ4v) is 15.6. The maximum Gasteiger partial charge on any atom is 0.338 e. The van der Waals surface area contributed by atoms with E-state index in [0.717, 1.165) is 117 Å². The third-order valence-electron chi connectivity index (χ3n) is 20.3. The zero-order valence-electron chi connectivity index (χ0n) is 90.6. The first-order valence-electron chi connectivity index (χ1n) is 48.8. The summed E-state index contributed by atoms with van der Waals surface area (Å²) >= 11 is 0. The molecule has 0 amide bonds. The van der Waals surface area contributed by atoms with Gasteiger partial charge in [0, 0.05) is 160 Å². The van der Waals surface area contributed by atoms with Crippen LogP contribution in [0.15, 0.2) is 152 Å². The fourth-order valence-electron chi connectivity index (χ4n) is 12.5. The van der Waals surface area contributed by atoms with Gasteiger partial charge in [0.05, 0.1) is 60.6 Å². The average Bonchev–Trinajstić information content (AvgIpc) is 1.62. The molecule has 0 radical (unpaired) electrons. The van der Waals surface area contributed by atoms with Gasteiger partial charge in [0.15, 0.2) is 0 Å². The van der Waals surface area contributed by atoms with E-state index in [1.54, 1.807) is 84.1 Å². The Labute approximate surface area is 834 Å². The summed E-state index contributed by atoms with van der Waals surface area (Å²) in [7, 11) is 19.2. The Hall–Kier alpha value is -6.05. The van der Waals surface area contributed by atoms with E-state index in [4.69, 9.17) is 61.6 Å². The van der Waals surface area contributed by atoms with E-state index in [-0.39, 0.29) is 75.0 Å². The van der Waals surface area contributed by atoms with Gasteiger partial charge in [0.25, 0.3) is 0 Å². The lowest BCUT2D eigenvalue weighted by Crippen LogP contribution is -2.37. The maximum atomic E-state index is 12.1. The molecule has 134 heavy (non-hydrogen) atoms. The number of fused-ring (bicyclic) bond motifs is 2. The number of hydrogen-bond donors (Lipinski definition) is 0. The summed E-state index contributed by atoms with van der Waals surface area (Å²) in [6.45, 7) is 41.9. The number of esters is 6. The molecule has 3 atom stereocenters. The van der Waals surface area contributed by atoms with Gasteiger partial charge in [-0.05, 0) is 305 Å². The molecule has 0 aliphatic heterocycles. The molecule has 4 fully saturated rings. The summed E-state index contributed by atoms with van der Waals surface area (Å²) in [6.07, 6.45) is 24.8. The Kier molecular flexibility index (Phi) is 93.0. The maximum absolute atomic E-state index is 12.1. The molecule has 4 aliphatic rings. The minimum atomic E-state index is -0.424. The van der Waals surface area contributed by atoms with Crippen LogP contribution in [0.25, 0.3) is 0 Å². The first-order valence-corrected chi connectivity index (χ1v) is 58.7. The summed E-state index contributed by atoms with van der Waals surface area (Å²) in [5, 5.41) is 0. The van der Waals surface area contributed by atoms with Gasteiger partial charge in [0.2, 0.25) is 0 Å². The Bertz CT molecular complexity index is 3440. The quantitative estimate of drug-likeness (QED) is 0.0188. The number of ether oxygens (including phenoxy) is 13. The van der Waals surface area contributed by atoms with Crippen molar-refractivity contribution >= 4 is 108 Å². The standard InChI is InChI=1S/C15H18O2.C14H18O2.C13H16O2.C12H16O2.C11H14O2.C6H12O2.C6H16OSi.C5H14OSi.5C4H12OSi.3CH3F/c1-15(10-11-7-8-13(15)9-11)17-14(16)12-5-3-2-4-6-12;1-14(10-6-3-7-11-14)16-13(15)12-8-4-2-5-9-12;1-13(9-5-6-10-13)15-12(14)11-7-3-2-4-8-11;1-4-12(2,3)14-11(13)10-8-6-5-7-9-10;1-11(2,3)13-10(12)9-7-5-4-6-8-9;1-5(7)8-6(2,3)4;1-4-6(2,3)7-5-8;1-5(2,3)6-4-7;5*1-5-3-2-4-6;3*1-2/h2-6,11,13H,7-10H2,1H3;2,4-5,8-9H,3,6-7,10-11H2,1H3;2-4,7-8H,5-6,9-10H2,1H3;5-9H,4H2,1-3H3;4-8H,1-3H3;1-4H3;4-5H2,1-3,8H3;4H2,1-3,7H3;5*2-4H2,1,6H3;3*1H3. The van der Waals surface area contributed by atoms with Crippen molar-refractivity contribution in [1.82, 2.24) is 0 Å². The number of rotatable bonds is 29. The predicted octanol–water partition coefficient (Wildman–Crippen LogP) is 18.6. The van der Waals surface area contributed by atoms with Crippen LogP contribution in [0, 0.1) is 11.8 Å². The van der Waals surface area contributed by atoms with E-state index in [1.165, 1.54) is 172 Å². The van der Waals surface area contributed by atoms with Crippen LogP contribution < -0.4 is 0 Å². The van der Waals surface area contributed by atoms with Crippen molar-refractivity contribution in [2.45, 2.75) is 335 Å². The van der Waals surface area contributed by atoms with E-state index in [1.807, 2.05) is 179 Å². The molecular weight excluding hydrogens is 1820 g/mol. The highest BCUT2D eigenvalue weighted by Gasteiger charge is 2.50. The van der Waals surface area contributed by atoms with Crippen LogP contribution in [0.1, 0.15) is 312 Å². The van der Waals surface area contributed by atoms with Gasteiger partial charge in [-0.15, -0.1) is 0 Å². The van der Waals surface area contributed by atoms with Crippen molar-refractivity contribution in [3.63, 3.8) is 0 Å². The molecule has 3 unspecified atom stereocenters. The topological polar surface area (TPSA) is 222 Å². The minimum Gasteiger partial charge on any atom is -0.460 e. The lowest BCUT2D eigenvalue weighted by atomic mass is 9.85. The van der Waals surface area contributed by atoms with Crippen molar-refractivity contribution in [2.75, 3.05) is 103 Å². The lowest BCUT2D eigenvalue weighted by Gasteiger charge is -2.33. The fraction of sp³-hybridized carbons (Fsp3) is 0.657. The van der Waals surface area contributed by atoms with Crippen molar-refractivity contribution in [2.24, 2.45) is 11.8 Å². The number of carbonyl (C=O) groups is 6. The lowest BCUT2D eigenvalue weighted by molar-refractivity contribution is -0.151. The third-order valence-corrected chi connectivity index (χ3v) is 24.4. The number of benzene rings is 5. The highest BCUT2D eigenvalue weighted by Crippen LogP contribution is 2.52. The van der Waals surface area contributed by atoms with Crippen LogP contribution in [0.5, 0.6) is 0 Å². The van der Waals surface area contributed by atoms with Gasteiger partial charge in [-0.1, -0.05) is 141 Å². The van der Waals surface area contributed by atoms with Gasteiger partial charge in [-0.25, -0.2) is 24.0 Å². The monoisotopic (exact) mass is 2010 g/mol. The number of carbonyl (C=O) groups excluding carboxylic acids is 6. The molecule has 4 saturated carbocycles. The molecule has 4 aliphatic carbocycles. The Balaban J connectivity index is -0.000000265. The van der Waals surface area contributed by atoms with E-state index in [2.05, 4.69) is 48.5 Å². The van der Waals surface area contributed by atoms with Crippen LogP contribution in [-0.4, -0.2) is 255 Å². The van der Waals surface area contributed by atoms with Crippen LogP contribution in [-0.2, 0) is 66.4 Å². The number of hydrogen-bond acceptors (Lipinski definition) is 19. The smallest absolute Gasteiger partial charge is 0.338 e. The van der Waals surface area contributed by atoms with E-state index < -0.39 is 5.60 Å². The predicted molar refractivity (Wildman–Crippen MR) is 580 cm³/mol. The first-order chi connectivity index (χ1) is 63.3. The zero-order chi connectivity index (χ0) is 104. The SMILES string of the molecule is CC(=O)OC(C)(C)C.CC(C)(C)OC(=O)c1ccccc1.CC(C)(C)OC[SiH3].CC1(OC(=O)c2ccccc2)CC2CCC1C2.CC1(OC(=O)c2ccccc2)CCCC1.CC1(OC(=O)c2ccccc2)CCCCC1.CCC(C)(C)OC(=O)c1ccccc1.CCC(C)(C)OC[SiH3].CF.CF.CF.COCCC[SiH3].COCCC[SiH3].COCCC[SiH3].COCCC[SiH3].COCCC[SiH3]. The Morgan fingerprint density at radius 3 is 0.791 bits per heavy atom. The van der Waals surface area contributed by atoms with Crippen LogP contribution in [0.4, 0.5) is 13.2 Å². The summed E-state index contributed by atoms with van der Waals surface area (Å²) in [6, 6.07) is 52.6. The molecule has 776 valence electrons. The molecule has 5 aromatic rings. The largest absolute Gasteiger partial charge is 0.460 e. The molecule has 0 N–H and O–H groups in total. The highest BCUT2D eigenvalue weighted by molar-refractivity contribution is 6.09. The van der Waals surface area contributed by atoms with E-state index in [9.17, 15) is 41.9 Å². The second kappa shape index (κ2) is 88.4. The third kappa shape index (κ3) is 85.2. The summed E-state index contributed by atoms with van der Waals surface area (Å²) in [5.74, 6) is 0.0717. The van der Waals surface area contributed by atoms with Crippen LogP contribution in [0.2, 0.25) is 30.2 Å². The van der Waals surface area contributed by atoms with Crippen molar-refractivity contribution in [3.8, 4) is 0 Å². The van der Waals surface area contributed by atoms with Crippen molar-refractivity contribution in [3.05, 3.63) is 179 Å². The molecule has 0 spiro atoms. The minimum absolute atomic E-state index is 0.0851. The van der Waals surface area contributed by atoms with Gasteiger partial charge in [-0.3, -0.25) is 18.0 Å². The van der Waals surface area contributed by atoms with E-state index >= 15 is 0 Å². The second-order valence-corrected chi connectivity index (χ2v) is 43.2. The van der Waals surface area contributed by atoms with Crippen LogP contribution in [0.3, 0.4) is 0 Å². The summed E-state index contributed by atoms with van der Waals surface area (Å²) in [5.41, 5.74) is 1.55. The van der Waals surface area contributed by atoms with Gasteiger partial charge in [-0.2, -0.15) is 0 Å². The number of alkyl halides is 3. The molecule has 9 rings (SSSR count). The number of halogens is 3. The molecule has 0 heterocycles. The Morgan fingerprint density at radius 1 is 0.343 bits per heavy atom. The van der Waals surface area contributed by atoms with Crippen molar-refractivity contribution < 1.29 is 104 Å². The van der Waals surface area contributed by atoms with Gasteiger partial charge >= 0.3 is 35.8 Å². The second-order valence-electron chi connectivity index (χ2n) is 37.1. The number of methoxy groups -OCH3 is 5. The molecule has 0 saturated heterocycles. The first kappa shape index (κ1) is 141. The summed E-state index contributed by atoms with van der Waals surface area (Å²) in [4.78, 5) is 69.0. The normalized spacial score (nSPS) is 15.3. The van der Waals surface area contributed by atoms with Crippen LogP contribution >= 0.6 is 0 Å². The zero-order valence-corrected chi connectivity index (χ0v) is 105. The highest BCUT2D eigenvalue weighted by atomic mass is 28.2. The molecular formula is C105H193F3O19Si7. The molecule has 29 heteroatoms.